The van der Waals surface area contributed by atoms with Gasteiger partial charge in [0.25, 0.3) is 0 Å². The number of methoxy groups -OCH3 is 1. The molecule has 5 heteroatoms. The minimum atomic E-state index is 0. The summed E-state index contributed by atoms with van der Waals surface area (Å²) in [5.74, 6) is 0.489. The largest absolute Gasteiger partial charge is 0.481 e. The number of rotatable bonds is 2. The Balaban J connectivity index is 0.00000121. The van der Waals surface area contributed by atoms with Crippen molar-refractivity contribution in [3.8, 4) is 5.88 Å². The van der Waals surface area contributed by atoms with Gasteiger partial charge in [0.1, 0.15) is 5.84 Å². The molecule has 1 aromatic heterocycles. The molecule has 0 fully saturated rings. The summed E-state index contributed by atoms with van der Waals surface area (Å²) in [6.45, 7) is 0. The number of nitrogens with one attached hydrogen (secondary N) is 1. The van der Waals surface area contributed by atoms with Gasteiger partial charge in [0.15, 0.2) is 0 Å². The molecule has 0 aromatic carbocycles. The van der Waals surface area contributed by atoms with Crippen LogP contribution in [0.4, 0.5) is 0 Å². The maximum Gasteiger partial charge on any atom is 0.213 e. The molecular weight excluding hydrogens is 178 g/mol. The highest BCUT2D eigenvalue weighted by molar-refractivity contribution is 5.95. The van der Waals surface area contributed by atoms with E-state index in [4.69, 9.17) is 15.9 Å². The van der Waals surface area contributed by atoms with Crippen LogP contribution < -0.4 is 10.5 Å². The van der Waals surface area contributed by atoms with Gasteiger partial charge in [-0.1, -0.05) is 0 Å². The van der Waals surface area contributed by atoms with Gasteiger partial charge in [0, 0.05) is 17.8 Å². The van der Waals surface area contributed by atoms with E-state index in [0.29, 0.717) is 11.4 Å². The number of nitrogens with two attached hydrogens (primary N) is 1. The second-order valence-electron chi connectivity index (χ2n) is 2.00. The highest BCUT2D eigenvalue weighted by Gasteiger charge is 1.97. The number of nitrogens with zero attached hydrogens (tertiary/aromatic N) is 1. The van der Waals surface area contributed by atoms with Gasteiger partial charge in [-0.25, -0.2) is 4.98 Å². The SMILES string of the molecule is COc1cc(C(=N)N)ccn1.Cl. The van der Waals surface area contributed by atoms with Gasteiger partial charge in [0.2, 0.25) is 5.88 Å². The number of hydrogen-bond acceptors (Lipinski definition) is 3. The van der Waals surface area contributed by atoms with Crippen molar-refractivity contribution >= 4 is 18.2 Å². The number of pyridine rings is 1. The zero-order chi connectivity index (χ0) is 8.27. The summed E-state index contributed by atoms with van der Waals surface area (Å²) in [5, 5.41) is 7.10. The fraction of sp³-hybridized carbons (Fsp3) is 0.143. The first kappa shape index (κ1) is 10.7. The first-order chi connectivity index (χ1) is 5.24. The van der Waals surface area contributed by atoms with Crippen molar-refractivity contribution in [2.75, 3.05) is 7.11 Å². The van der Waals surface area contributed by atoms with Crippen LogP contribution in [0.5, 0.6) is 5.88 Å². The van der Waals surface area contributed by atoms with Gasteiger partial charge in [-0.3, -0.25) is 5.41 Å². The van der Waals surface area contributed by atoms with E-state index in [1.165, 1.54) is 7.11 Å². The van der Waals surface area contributed by atoms with Crippen molar-refractivity contribution in [2.45, 2.75) is 0 Å². The monoisotopic (exact) mass is 187 g/mol. The lowest BCUT2D eigenvalue weighted by molar-refractivity contribution is 0.398. The molecule has 4 nitrogen and oxygen atoms in total. The van der Waals surface area contributed by atoms with Gasteiger partial charge < -0.3 is 10.5 Å². The normalized spacial score (nSPS) is 8.42. The van der Waals surface area contributed by atoms with Crippen molar-refractivity contribution < 1.29 is 4.74 Å². The number of nitrogen functional groups attached to an aromatic ring is 1. The molecule has 0 amide bonds. The fourth-order valence-electron chi connectivity index (χ4n) is 0.689. The first-order valence-corrected chi connectivity index (χ1v) is 3.08. The topological polar surface area (TPSA) is 72.0 Å². The van der Waals surface area contributed by atoms with Crippen LogP contribution in [0.1, 0.15) is 5.56 Å². The fourth-order valence-corrected chi connectivity index (χ4v) is 0.689. The summed E-state index contributed by atoms with van der Waals surface area (Å²) in [6.07, 6.45) is 1.55. The van der Waals surface area contributed by atoms with Gasteiger partial charge in [0.05, 0.1) is 7.11 Å². The lowest BCUT2D eigenvalue weighted by Crippen LogP contribution is -2.11. The van der Waals surface area contributed by atoms with E-state index in [-0.39, 0.29) is 18.2 Å². The maximum atomic E-state index is 7.10. The third kappa shape index (κ3) is 2.39. The molecule has 0 aliphatic rings. The van der Waals surface area contributed by atoms with Crippen LogP contribution in [0.2, 0.25) is 0 Å². The van der Waals surface area contributed by atoms with Gasteiger partial charge in [-0.15, -0.1) is 12.4 Å². The summed E-state index contributed by atoms with van der Waals surface area (Å²) in [4.78, 5) is 3.87. The maximum absolute atomic E-state index is 7.10. The third-order valence-electron chi connectivity index (χ3n) is 1.25. The zero-order valence-corrected chi connectivity index (χ0v) is 7.39. The average Bonchev–Trinajstić information content (AvgIpc) is 2.05. The Kier molecular flexibility index (Phi) is 4.07. The molecular formula is C7H10ClN3O. The Hall–Kier alpha value is -1.29. The van der Waals surface area contributed by atoms with Gasteiger partial charge in [-0.05, 0) is 6.07 Å². The van der Waals surface area contributed by atoms with Gasteiger partial charge in [-0.2, -0.15) is 0 Å². The minimum absolute atomic E-state index is 0. The molecule has 66 valence electrons. The Bertz CT molecular complexity index is 277. The minimum Gasteiger partial charge on any atom is -0.481 e. The molecule has 0 radical (unpaired) electrons. The second-order valence-corrected chi connectivity index (χ2v) is 2.00. The van der Waals surface area contributed by atoms with Crippen LogP contribution in [-0.4, -0.2) is 17.9 Å². The second kappa shape index (κ2) is 4.56. The molecule has 0 spiro atoms. The van der Waals surface area contributed by atoms with Crippen molar-refractivity contribution in [3.05, 3.63) is 23.9 Å². The highest BCUT2D eigenvalue weighted by Crippen LogP contribution is 2.06. The Labute approximate surface area is 76.7 Å². The number of halogens is 1. The van der Waals surface area contributed by atoms with E-state index >= 15 is 0 Å². The first-order valence-electron chi connectivity index (χ1n) is 3.08. The molecule has 0 bridgehead atoms. The quantitative estimate of drug-likeness (QED) is 0.531. The molecule has 12 heavy (non-hydrogen) atoms. The van der Waals surface area contributed by atoms with Crippen molar-refractivity contribution in [1.29, 1.82) is 5.41 Å². The van der Waals surface area contributed by atoms with Crippen LogP contribution in [0, 0.1) is 5.41 Å². The predicted octanol–water partition coefficient (Wildman–Crippen LogP) is 0.796. The third-order valence-corrected chi connectivity index (χ3v) is 1.25. The predicted molar refractivity (Wildman–Crippen MR) is 49.1 cm³/mol. The van der Waals surface area contributed by atoms with Crippen molar-refractivity contribution in [2.24, 2.45) is 5.73 Å². The molecule has 3 N–H and O–H groups in total. The van der Waals surface area contributed by atoms with E-state index in [1.54, 1.807) is 18.3 Å². The average molecular weight is 188 g/mol. The lowest BCUT2D eigenvalue weighted by Gasteiger charge is -2.00. The Morgan fingerprint density at radius 2 is 2.33 bits per heavy atom. The van der Waals surface area contributed by atoms with Crippen LogP contribution in [-0.2, 0) is 0 Å². The van der Waals surface area contributed by atoms with E-state index in [9.17, 15) is 0 Å². The molecule has 0 saturated carbocycles. The number of ether oxygens (including phenoxy) is 1. The van der Waals surface area contributed by atoms with Crippen LogP contribution >= 0.6 is 12.4 Å². The van der Waals surface area contributed by atoms with E-state index in [2.05, 4.69) is 4.98 Å². The summed E-state index contributed by atoms with van der Waals surface area (Å²) < 4.78 is 4.84. The number of amidine groups is 1. The molecule has 1 heterocycles. The van der Waals surface area contributed by atoms with Crippen LogP contribution in [0.15, 0.2) is 18.3 Å². The van der Waals surface area contributed by atoms with Crippen molar-refractivity contribution in [3.63, 3.8) is 0 Å². The van der Waals surface area contributed by atoms with Crippen LogP contribution in [0.25, 0.3) is 0 Å². The van der Waals surface area contributed by atoms with E-state index < -0.39 is 0 Å². The summed E-state index contributed by atoms with van der Waals surface area (Å²) in [7, 11) is 1.52. The standard InChI is InChI=1S/C7H9N3O.ClH/c1-11-6-4-5(7(8)9)2-3-10-6;/h2-4H,1H3,(H3,8,9);1H. The molecule has 1 rings (SSSR count). The summed E-state index contributed by atoms with van der Waals surface area (Å²) >= 11 is 0. The zero-order valence-electron chi connectivity index (χ0n) is 6.57. The summed E-state index contributed by atoms with van der Waals surface area (Å²) in [6, 6.07) is 3.27. The molecule has 0 aliphatic heterocycles. The molecule has 0 unspecified atom stereocenters. The number of hydrogen-bond donors (Lipinski definition) is 2. The Morgan fingerprint density at radius 1 is 1.67 bits per heavy atom. The molecule has 1 aromatic rings. The molecule has 0 saturated heterocycles. The lowest BCUT2D eigenvalue weighted by atomic mass is 10.2. The van der Waals surface area contributed by atoms with Crippen LogP contribution in [0.3, 0.4) is 0 Å². The van der Waals surface area contributed by atoms with Crippen molar-refractivity contribution in [1.82, 2.24) is 4.98 Å². The van der Waals surface area contributed by atoms with Gasteiger partial charge >= 0.3 is 0 Å². The highest BCUT2D eigenvalue weighted by atomic mass is 35.5. The number of aromatic nitrogens is 1. The molecule has 0 atom stereocenters. The summed E-state index contributed by atoms with van der Waals surface area (Å²) in [5.41, 5.74) is 5.86. The molecule has 0 aliphatic carbocycles. The Morgan fingerprint density at radius 3 is 2.83 bits per heavy atom. The van der Waals surface area contributed by atoms with E-state index in [0.717, 1.165) is 0 Å². The smallest absolute Gasteiger partial charge is 0.213 e. The van der Waals surface area contributed by atoms with E-state index in [1.807, 2.05) is 0 Å².